The lowest BCUT2D eigenvalue weighted by Crippen LogP contribution is -2.45. The number of rotatable bonds is 4. The van der Waals surface area contributed by atoms with Crippen LogP contribution in [0.3, 0.4) is 0 Å². The SMILES string of the molecule is COc1ccc(C(=O)N2CCC(C(C)N3CCCC3)CC2)c(F)c1F. The molecule has 2 aliphatic heterocycles. The maximum absolute atomic E-state index is 14.2. The van der Waals surface area contributed by atoms with Gasteiger partial charge in [0.1, 0.15) is 0 Å². The number of ether oxygens (including phenoxy) is 1. The van der Waals surface area contributed by atoms with Gasteiger partial charge in [-0.3, -0.25) is 4.79 Å². The summed E-state index contributed by atoms with van der Waals surface area (Å²) in [6.07, 6.45) is 4.35. The zero-order valence-electron chi connectivity index (χ0n) is 14.9. The van der Waals surface area contributed by atoms with Crippen LogP contribution in [0.25, 0.3) is 0 Å². The van der Waals surface area contributed by atoms with Gasteiger partial charge in [-0.05, 0) is 63.7 Å². The molecule has 0 radical (unpaired) electrons. The van der Waals surface area contributed by atoms with Gasteiger partial charge in [-0.2, -0.15) is 4.39 Å². The molecule has 3 rings (SSSR count). The zero-order chi connectivity index (χ0) is 18.0. The molecule has 2 saturated heterocycles. The van der Waals surface area contributed by atoms with Crippen molar-refractivity contribution in [2.24, 2.45) is 5.92 Å². The van der Waals surface area contributed by atoms with E-state index in [0.717, 1.165) is 25.9 Å². The summed E-state index contributed by atoms with van der Waals surface area (Å²) in [5, 5.41) is 0. The molecule has 0 aliphatic carbocycles. The van der Waals surface area contributed by atoms with Gasteiger partial charge in [0.05, 0.1) is 12.7 Å². The molecule has 0 spiro atoms. The van der Waals surface area contributed by atoms with Gasteiger partial charge in [0, 0.05) is 19.1 Å². The summed E-state index contributed by atoms with van der Waals surface area (Å²) < 4.78 is 32.8. The Morgan fingerprint density at radius 3 is 2.36 bits per heavy atom. The Morgan fingerprint density at radius 2 is 1.76 bits per heavy atom. The highest BCUT2D eigenvalue weighted by atomic mass is 19.2. The van der Waals surface area contributed by atoms with Crippen LogP contribution in [0, 0.1) is 17.6 Å². The van der Waals surface area contributed by atoms with E-state index < -0.39 is 17.5 Å². The molecule has 1 unspecified atom stereocenters. The smallest absolute Gasteiger partial charge is 0.256 e. The van der Waals surface area contributed by atoms with E-state index in [9.17, 15) is 13.6 Å². The summed E-state index contributed by atoms with van der Waals surface area (Å²) in [5.74, 6) is -2.30. The van der Waals surface area contributed by atoms with E-state index in [1.807, 2.05) is 0 Å². The fourth-order valence-corrected chi connectivity index (χ4v) is 4.06. The zero-order valence-corrected chi connectivity index (χ0v) is 14.9. The Hall–Kier alpha value is -1.69. The minimum atomic E-state index is -1.13. The molecule has 0 bridgehead atoms. The number of carbonyl (C=O) groups is 1. The lowest BCUT2D eigenvalue weighted by atomic mass is 9.89. The van der Waals surface area contributed by atoms with Gasteiger partial charge in [0.15, 0.2) is 11.6 Å². The predicted molar refractivity (Wildman–Crippen MR) is 91.8 cm³/mol. The molecule has 4 nitrogen and oxygen atoms in total. The Labute approximate surface area is 147 Å². The largest absolute Gasteiger partial charge is 0.494 e. The molecule has 6 heteroatoms. The van der Waals surface area contributed by atoms with Crippen molar-refractivity contribution >= 4 is 5.91 Å². The number of carbonyl (C=O) groups excluding carboxylic acids is 1. The predicted octanol–water partition coefficient (Wildman–Crippen LogP) is 3.31. The number of nitrogens with zero attached hydrogens (tertiary/aromatic N) is 2. The van der Waals surface area contributed by atoms with Crippen LogP contribution in [0.5, 0.6) is 5.75 Å². The van der Waals surface area contributed by atoms with Gasteiger partial charge in [-0.25, -0.2) is 4.39 Å². The molecule has 2 aliphatic rings. The van der Waals surface area contributed by atoms with E-state index in [1.54, 1.807) is 4.90 Å². The van der Waals surface area contributed by atoms with Crippen molar-refractivity contribution in [3.8, 4) is 5.75 Å². The molecule has 1 amide bonds. The maximum Gasteiger partial charge on any atom is 0.256 e. The molecule has 0 N–H and O–H groups in total. The summed E-state index contributed by atoms with van der Waals surface area (Å²) in [6, 6.07) is 3.13. The fraction of sp³-hybridized carbons (Fsp3) is 0.632. The molecule has 0 aromatic heterocycles. The molecule has 25 heavy (non-hydrogen) atoms. The molecule has 1 aromatic carbocycles. The number of amides is 1. The summed E-state index contributed by atoms with van der Waals surface area (Å²) in [7, 11) is 1.27. The quantitative estimate of drug-likeness (QED) is 0.833. The fourth-order valence-electron chi connectivity index (χ4n) is 4.06. The van der Waals surface area contributed by atoms with E-state index in [2.05, 4.69) is 11.8 Å². The highest BCUT2D eigenvalue weighted by Gasteiger charge is 2.32. The van der Waals surface area contributed by atoms with E-state index >= 15 is 0 Å². The summed E-state index contributed by atoms with van der Waals surface area (Å²) in [4.78, 5) is 16.7. The van der Waals surface area contributed by atoms with Crippen LogP contribution in [0.1, 0.15) is 43.0 Å². The third-order valence-electron chi connectivity index (χ3n) is 5.72. The third kappa shape index (κ3) is 3.64. The van der Waals surface area contributed by atoms with E-state index in [-0.39, 0.29) is 11.3 Å². The molecular formula is C19H26F2N2O2. The van der Waals surface area contributed by atoms with E-state index in [4.69, 9.17) is 4.74 Å². The second-order valence-corrected chi connectivity index (χ2v) is 7.06. The molecule has 138 valence electrons. The number of hydrogen-bond acceptors (Lipinski definition) is 3. The van der Waals surface area contributed by atoms with Crippen molar-refractivity contribution in [2.45, 2.75) is 38.6 Å². The first-order valence-electron chi connectivity index (χ1n) is 9.08. The first-order valence-corrected chi connectivity index (χ1v) is 9.08. The van der Waals surface area contributed by atoms with Crippen molar-refractivity contribution < 1.29 is 18.3 Å². The number of piperidine rings is 1. The van der Waals surface area contributed by atoms with Crippen molar-refractivity contribution in [3.05, 3.63) is 29.3 Å². The maximum atomic E-state index is 14.2. The van der Waals surface area contributed by atoms with Crippen molar-refractivity contribution in [2.75, 3.05) is 33.3 Å². The second-order valence-electron chi connectivity index (χ2n) is 7.06. The van der Waals surface area contributed by atoms with Crippen molar-refractivity contribution in [1.29, 1.82) is 0 Å². The number of benzene rings is 1. The Balaban J connectivity index is 1.63. The van der Waals surface area contributed by atoms with Gasteiger partial charge >= 0.3 is 0 Å². The molecule has 0 saturated carbocycles. The van der Waals surface area contributed by atoms with Crippen LogP contribution >= 0.6 is 0 Å². The first kappa shape index (κ1) is 18.1. The monoisotopic (exact) mass is 352 g/mol. The Morgan fingerprint density at radius 1 is 1.12 bits per heavy atom. The van der Waals surface area contributed by atoms with Gasteiger partial charge in [-0.1, -0.05) is 0 Å². The van der Waals surface area contributed by atoms with Crippen LogP contribution in [-0.2, 0) is 0 Å². The number of likely N-dealkylation sites (tertiary alicyclic amines) is 2. The normalized spacial score (nSPS) is 20.7. The highest BCUT2D eigenvalue weighted by molar-refractivity contribution is 5.94. The van der Waals surface area contributed by atoms with Crippen molar-refractivity contribution in [3.63, 3.8) is 0 Å². The molecule has 1 atom stereocenters. The molecular weight excluding hydrogens is 326 g/mol. The number of hydrogen-bond donors (Lipinski definition) is 0. The van der Waals surface area contributed by atoms with Crippen LogP contribution in [0.2, 0.25) is 0 Å². The third-order valence-corrected chi connectivity index (χ3v) is 5.72. The number of halogens is 2. The molecule has 2 fully saturated rings. The van der Waals surface area contributed by atoms with Crippen LogP contribution in [0.4, 0.5) is 8.78 Å². The highest BCUT2D eigenvalue weighted by Crippen LogP contribution is 2.28. The first-order chi connectivity index (χ1) is 12.0. The van der Waals surface area contributed by atoms with Gasteiger partial charge in [0.2, 0.25) is 5.82 Å². The second kappa shape index (κ2) is 7.68. The van der Waals surface area contributed by atoms with Gasteiger partial charge in [0.25, 0.3) is 5.91 Å². The van der Waals surface area contributed by atoms with E-state index in [0.29, 0.717) is 25.0 Å². The standard InChI is InChI=1S/C19H26F2N2O2/c1-13(22-9-3-4-10-22)14-7-11-23(12-8-14)19(24)15-5-6-16(25-2)18(21)17(15)20/h5-6,13-14H,3-4,7-12H2,1-2H3. The lowest BCUT2D eigenvalue weighted by molar-refractivity contribution is 0.0618. The molecule has 1 aromatic rings. The van der Waals surface area contributed by atoms with Gasteiger partial charge < -0.3 is 14.5 Å². The van der Waals surface area contributed by atoms with Crippen LogP contribution in [0.15, 0.2) is 12.1 Å². The summed E-state index contributed by atoms with van der Waals surface area (Å²) in [6.45, 7) is 5.78. The van der Waals surface area contributed by atoms with Gasteiger partial charge in [-0.15, -0.1) is 0 Å². The van der Waals surface area contributed by atoms with Crippen LogP contribution < -0.4 is 4.74 Å². The summed E-state index contributed by atoms with van der Waals surface area (Å²) in [5.41, 5.74) is -0.218. The van der Waals surface area contributed by atoms with Crippen molar-refractivity contribution in [1.82, 2.24) is 9.80 Å². The summed E-state index contributed by atoms with van der Waals surface area (Å²) >= 11 is 0. The minimum Gasteiger partial charge on any atom is -0.494 e. The van der Waals surface area contributed by atoms with E-state index in [1.165, 1.54) is 32.1 Å². The molecule has 2 heterocycles. The average Bonchev–Trinajstić information content (AvgIpc) is 3.17. The lowest BCUT2D eigenvalue weighted by Gasteiger charge is -2.38. The Kier molecular flexibility index (Phi) is 5.57. The Bertz CT molecular complexity index is 624. The van der Waals surface area contributed by atoms with Crippen LogP contribution in [-0.4, -0.2) is 55.0 Å². The number of methoxy groups -OCH3 is 1. The topological polar surface area (TPSA) is 32.8 Å². The average molecular weight is 352 g/mol. The minimum absolute atomic E-state index is 0.188.